The number of amides is 1. The van der Waals surface area contributed by atoms with Crippen LogP contribution in [0.2, 0.25) is 0 Å². The van der Waals surface area contributed by atoms with Gasteiger partial charge in [-0.05, 0) is 29.8 Å². The first kappa shape index (κ1) is 17.1. The third-order valence-corrected chi connectivity index (χ3v) is 4.42. The van der Waals surface area contributed by atoms with Gasteiger partial charge < -0.3 is 10.6 Å². The number of rotatable bonds is 5. The second-order valence-corrected chi connectivity index (χ2v) is 6.13. The molecule has 0 unspecified atom stereocenters. The lowest BCUT2D eigenvalue weighted by molar-refractivity contribution is 0.0995. The number of pyridine rings is 1. The number of carbonyl (C=O) groups excluding carboxylic acids is 1. The molecule has 0 radical (unpaired) electrons. The second-order valence-electron chi connectivity index (χ2n) is 6.13. The van der Waals surface area contributed by atoms with E-state index in [9.17, 15) is 9.18 Å². The fourth-order valence-corrected chi connectivity index (χ4v) is 2.92. The predicted molar refractivity (Wildman–Crippen MR) is 95.0 cm³/mol. The number of piperazine rings is 1. The topological polar surface area (TPSA) is 62.5 Å². The van der Waals surface area contributed by atoms with E-state index in [-0.39, 0.29) is 11.5 Å². The Kier molecular flexibility index (Phi) is 5.09. The van der Waals surface area contributed by atoms with Crippen molar-refractivity contribution in [1.82, 2.24) is 14.8 Å². The Morgan fingerprint density at radius 1 is 1.12 bits per heavy atom. The zero-order valence-electron chi connectivity index (χ0n) is 14.0. The van der Waals surface area contributed by atoms with Gasteiger partial charge >= 0.3 is 0 Å². The van der Waals surface area contributed by atoms with Crippen LogP contribution in [0.5, 0.6) is 0 Å². The highest BCUT2D eigenvalue weighted by Crippen LogP contribution is 2.19. The molecule has 0 bridgehead atoms. The molecule has 5 nitrogen and oxygen atoms in total. The third-order valence-electron chi connectivity index (χ3n) is 4.42. The molecule has 2 N–H and O–H groups in total. The molecule has 1 amide bonds. The first-order valence-electron chi connectivity index (χ1n) is 8.20. The molecule has 3 rings (SSSR count). The predicted octanol–water partition coefficient (Wildman–Crippen LogP) is 2.11. The van der Waals surface area contributed by atoms with Crippen molar-refractivity contribution in [3.63, 3.8) is 0 Å². The molecule has 1 aliphatic heterocycles. The van der Waals surface area contributed by atoms with Crippen molar-refractivity contribution in [2.45, 2.75) is 6.54 Å². The molecule has 2 aromatic rings. The van der Waals surface area contributed by atoms with Gasteiger partial charge in [-0.15, -0.1) is 0 Å². The molecular weight excluding hydrogens is 319 g/mol. The van der Waals surface area contributed by atoms with Crippen LogP contribution in [-0.4, -0.2) is 46.9 Å². The van der Waals surface area contributed by atoms with Crippen LogP contribution in [0.15, 0.2) is 49.2 Å². The van der Waals surface area contributed by atoms with Gasteiger partial charge in [0.25, 0.3) is 5.91 Å². The van der Waals surface area contributed by atoms with Gasteiger partial charge in [0, 0.05) is 50.2 Å². The minimum absolute atomic E-state index is 0.208. The fraction of sp³-hybridized carbons (Fsp3) is 0.263. The molecule has 0 atom stereocenters. The summed E-state index contributed by atoms with van der Waals surface area (Å²) in [5.74, 6) is -0.743. The van der Waals surface area contributed by atoms with Crippen molar-refractivity contribution in [2.24, 2.45) is 5.73 Å². The van der Waals surface area contributed by atoms with Crippen molar-refractivity contribution in [3.8, 4) is 0 Å². The van der Waals surface area contributed by atoms with Gasteiger partial charge in [-0.1, -0.05) is 18.7 Å². The van der Waals surface area contributed by atoms with Crippen LogP contribution in [0.4, 0.5) is 4.39 Å². The molecule has 1 aliphatic rings. The van der Waals surface area contributed by atoms with Gasteiger partial charge in [-0.2, -0.15) is 0 Å². The summed E-state index contributed by atoms with van der Waals surface area (Å²) < 4.78 is 13.0. The van der Waals surface area contributed by atoms with E-state index in [1.54, 1.807) is 12.3 Å². The zero-order valence-corrected chi connectivity index (χ0v) is 14.0. The normalized spacial score (nSPS) is 15.2. The third kappa shape index (κ3) is 4.22. The van der Waals surface area contributed by atoms with Crippen molar-refractivity contribution in [1.29, 1.82) is 0 Å². The van der Waals surface area contributed by atoms with E-state index in [0.717, 1.165) is 49.5 Å². The van der Waals surface area contributed by atoms with E-state index < -0.39 is 5.91 Å². The molecule has 1 fully saturated rings. The molecule has 2 heterocycles. The Bertz CT molecular complexity index is 750. The largest absolute Gasteiger partial charge is 0.369 e. The second kappa shape index (κ2) is 7.44. The van der Waals surface area contributed by atoms with Gasteiger partial charge in [-0.3, -0.25) is 14.7 Å². The van der Waals surface area contributed by atoms with Crippen molar-refractivity contribution >= 4 is 11.6 Å². The SMILES string of the molecule is C=C(c1ccc(C(N)=O)nc1)N1CCN(Cc2ccc(F)cc2)CC1. The highest BCUT2D eigenvalue weighted by atomic mass is 19.1. The summed E-state index contributed by atoms with van der Waals surface area (Å²) in [5.41, 5.74) is 8.35. The van der Waals surface area contributed by atoms with Crippen LogP contribution in [0.1, 0.15) is 21.6 Å². The van der Waals surface area contributed by atoms with Crippen LogP contribution in [0, 0.1) is 5.82 Å². The molecular formula is C19H21FN4O. The van der Waals surface area contributed by atoms with E-state index in [0.29, 0.717) is 0 Å². The van der Waals surface area contributed by atoms with Crippen LogP contribution < -0.4 is 5.73 Å². The lowest BCUT2D eigenvalue weighted by Crippen LogP contribution is -2.44. The van der Waals surface area contributed by atoms with Gasteiger partial charge in [0.15, 0.2) is 0 Å². The first-order chi connectivity index (χ1) is 12.0. The number of nitrogens with two attached hydrogens (primary N) is 1. The quantitative estimate of drug-likeness (QED) is 0.905. The summed E-state index contributed by atoms with van der Waals surface area (Å²) >= 11 is 0. The maximum Gasteiger partial charge on any atom is 0.267 e. The van der Waals surface area contributed by atoms with Gasteiger partial charge in [-0.25, -0.2) is 4.39 Å². The van der Waals surface area contributed by atoms with Crippen molar-refractivity contribution in [3.05, 3.63) is 71.8 Å². The monoisotopic (exact) mass is 340 g/mol. The fourth-order valence-electron chi connectivity index (χ4n) is 2.92. The van der Waals surface area contributed by atoms with E-state index in [1.807, 2.05) is 18.2 Å². The van der Waals surface area contributed by atoms with Crippen molar-refractivity contribution < 1.29 is 9.18 Å². The number of carbonyl (C=O) groups is 1. The smallest absolute Gasteiger partial charge is 0.267 e. The Hall–Kier alpha value is -2.73. The molecule has 0 aliphatic carbocycles. The minimum atomic E-state index is -0.536. The van der Waals surface area contributed by atoms with Crippen LogP contribution in [-0.2, 0) is 6.54 Å². The maximum atomic E-state index is 13.0. The number of benzene rings is 1. The molecule has 1 saturated heterocycles. The van der Waals surface area contributed by atoms with Gasteiger partial charge in [0.05, 0.1) is 0 Å². The summed E-state index contributed by atoms with van der Waals surface area (Å²) in [4.78, 5) is 19.7. The Balaban J connectivity index is 1.55. The lowest BCUT2D eigenvalue weighted by Gasteiger charge is -2.37. The van der Waals surface area contributed by atoms with Crippen LogP contribution >= 0.6 is 0 Å². The summed E-state index contributed by atoms with van der Waals surface area (Å²) in [6.45, 7) is 8.50. The lowest BCUT2D eigenvalue weighted by atomic mass is 10.1. The highest BCUT2D eigenvalue weighted by Gasteiger charge is 2.19. The van der Waals surface area contributed by atoms with Gasteiger partial charge in [0.1, 0.15) is 11.5 Å². The molecule has 1 aromatic heterocycles. The number of halogens is 1. The number of nitrogens with zero attached hydrogens (tertiary/aromatic N) is 3. The van der Waals surface area contributed by atoms with E-state index in [4.69, 9.17) is 5.73 Å². The first-order valence-corrected chi connectivity index (χ1v) is 8.20. The van der Waals surface area contributed by atoms with E-state index >= 15 is 0 Å². The summed E-state index contributed by atoms with van der Waals surface area (Å²) in [7, 11) is 0. The zero-order chi connectivity index (χ0) is 17.8. The summed E-state index contributed by atoms with van der Waals surface area (Å²) in [6, 6.07) is 10.1. The van der Waals surface area contributed by atoms with Crippen LogP contribution in [0.3, 0.4) is 0 Å². The molecule has 0 saturated carbocycles. The molecule has 130 valence electrons. The van der Waals surface area contributed by atoms with Crippen LogP contribution in [0.25, 0.3) is 5.70 Å². The molecule has 25 heavy (non-hydrogen) atoms. The Labute approximate surface area is 146 Å². The standard InChI is InChI=1S/C19H21FN4O/c1-14(16-4-7-18(19(21)25)22-12-16)24-10-8-23(9-11-24)13-15-2-5-17(20)6-3-15/h2-7,12H,1,8-11,13H2,(H2,21,25). The number of primary amides is 1. The number of aromatic nitrogens is 1. The van der Waals surface area contributed by atoms with E-state index in [1.165, 1.54) is 12.1 Å². The molecule has 6 heteroatoms. The maximum absolute atomic E-state index is 13.0. The summed E-state index contributed by atoms with van der Waals surface area (Å²) in [6.07, 6.45) is 1.63. The van der Waals surface area contributed by atoms with Crippen molar-refractivity contribution in [2.75, 3.05) is 26.2 Å². The Morgan fingerprint density at radius 3 is 2.36 bits per heavy atom. The average Bonchev–Trinajstić information content (AvgIpc) is 2.64. The average molecular weight is 340 g/mol. The van der Waals surface area contributed by atoms with Gasteiger partial charge in [0.2, 0.25) is 0 Å². The highest BCUT2D eigenvalue weighted by molar-refractivity contribution is 5.90. The summed E-state index contributed by atoms with van der Waals surface area (Å²) in [5, 5.41) is 0. The minimum Gasteiger partial charge on any atom is -0.369 e. The van der Waals surface area contributed by atoms with E-state index in [2.05, 4.69) is 21.4 Å². The Morgan fingerprint density at radius 2 is 1.80 bits per heavy atom. The number of hydrogen-bond donors (Lipinski definition) is 1. The molecule has 0 spiro atoms. The molecule has 1 aromatic carbocycles. The number of hydrogen-bond acceptors (Lipinski definition) is 4.